The molecule has 4 unspecified atom stereocenters. The largest absolute Gasteiger partial charge is 0.491 e. The normalized spacial score (nSPS) is 12.9. The van der Waals surface area contributed by atoms with Crippen molar-refractivity contribution in [1.82, 2.24) is 21.3 Å². The summed E-state index contributed by atoms with van der Waals surface area (Å²) in [6.07, 6.45) is 2.32. The Morgan fingerprint density at radius 2 is 1.18 bits per heavy atom. The van der Waals surface area contributed by atoms with Crippen molar-refractivity contribution in [1.29, 1.82) is 0 Å². The van der Waals surface area contributed by atoms with Crippen molar-refractivity contribution < 1.29 is 23.9 Å². The number of benzene rings is 1. The number of ether oxygens (including phenoxy) is 1. The SMILES string of the molecule is Cc1cccc(C)c1OCC(C)NC(=O)CNC(=O)C(CCCCN=C(N)N)NC(=O)C(CCCN=C(N)N)NC(=O)C(N)CCCN=C(N)N. The van der Waals surface area contributed by atoms with E-state index in [1.165, 1.54) is 0 Å². The lowest BCUT2D eigenvalue weighted by Gasteiger charge is -2.24. The summed E-state index contributed by atoms with van der Waals surface area (Å²) in [5, 5.41) is 10.8. The maximum atomic E-state index is 13.6. The molecule has 1 rings (SSSR count). The van der Waals surface area contributed by atoms with Crippen LogP contribution in [-0.4, -0.2) is 98.5 Å². The Morgan fingerprint density at radius 3 is 1.75 bits per heavy atom. The number of unbranched alkanes of at least 4 members (excludes halogenated alkanes) is 1. The Balaban J connectivity index is 2.94. The molecule has 19 nitrogen and oxygen atoms in total. The van der Waals surface area contributed by atoms with E-state index < -0.39 is 41.8 Å². The molecule has 0 saturated heterocycles. The molecule has 51 heavy (non-hydrogen) atoms. The van der Waals surface area contributed by atoms with E-state index in [1.807, 2.05) is 32.0 Å². The second kappa shape index (κ2) is 23.9. The first kappa shape index (κ1) is 43.7. The van der Waals surface area contributed by atoms with Gasteiger partial charge in [-0.15, -0.1) is 0 Å². The topological polar surface area (TPSA) is 345 Å². The first-order chi connectivity index (χ1) is 24.1. The highest BCUT2D eigenvalue weighted by Gasteiger charge is 2.28. The predicted molar refractivity (Wildman–Crippen MR) is 198 cm³/mol. The van der Waals surface area contributed by atoms with E-state index in [2.05, 4.69) is 36.2 Å². The Bertz CT molecular complexity index is 1340. The van der Waals surface area contributed by atoms with E-state index in [-0.39, 0.29) is 69.4 Å². The number of hydrogen-bond acceptors (Lipinski definition) is 9. The van der Waals surface area contributed by atoms with Crippen molar-refractivity contribution in [2.24, 2.45) is 55.1 Å². The number of aryl methyl sites for hydroxylation is 2. The van der Waals surface area contributed by atoms with Crippen LogP contribution in [0.4, 0.5) is 0 Å². The molecule has 0 aromatic heterocycles. The molecule has 286 valence electrons. The van der Waals surface area contributed by atoms with Crippen LogP contribution in [-0.2, 0) is 19.2 Å². The van der Waals surface area contributed by atoms with Gasteiger partial charge in [-0.05, 0) is 76.8 Å². The zero-order valence-electron chi connectivity index (χ0n) is 30.0. The Kier molecular flexibility index (Phi) is 20.5. The van der Waals surface area contributed by atoms with Gasteiger partial charge in [-0.1, -0.05) is 18.2 Å². The van der Waals surface area contributed by atoms with Crippen molar-refractivity contribution >= 4 is 41.5 Å². The molecule has 0 aliphatic rings. The van der Waals surface area contributed by atoms with Crippen molar-refractivity contribution in [3.8, 4) is 5.75 Å². The molecule has 0 spiro atoms. The van der Waals surface area contributed by atoms with Crippen molar-refractivity contribution in [2.45, 2.75) is 89.9 Å². The van der Waals surface area contributed by atoms with E-state index in [0.29, 0.717) is 32.2 Å². The van der Waals surface area contributed by atoms with Crippen LogP contribution in [0, 0.1) is 13.8 Å². The second-order valence-corrected chi connectivity index (χ2v) is 12.1. The number of para-hydroxylation sites is 1. The van der Waals surface area contributed by atoms with E-state index in [1.54, 1.807) is 6.92 Å². The summed E-state index contributed by atoms with van der Waals surface area (Å²) in [4.78, 5) is 64.3. The third kappa shape index (κ3) is 19.4. The number of guanidine groups is 3. The van der Waals surface area contributed by atoms with E-state index >= 15 is 0 Å². The molecule has 0 heterocycles. The highest BCUT2D eigenvalue weighted by Crippen LogP contribution is 2.22. The van der Waals surface area contributed by atoms with E-state index in [4.69, 9.17) is 44.9 Å². The third-order valence-electron chi connectivity index (χ3n) is 7.43. The lowest BCUT2D eigenvalue weighted by molar-refractivity contribution is -0.133. The number of nitrogens with zero attached hydrogens (tertiary/aromatic N) is 3. The summed E-state index contributed by atoms with van der Waals surface area (Å²) in [6.45, 7) is 6.33. The molecule has 0 fully saturated rings. The summed E-state index contributed by atoms with van der Waals surface area (Å²) in [6, 6.07) is 2.37. The number of carbonyl (C=O) groups excluding carboxylic acids is 4. The van der Waals surface area contributed by atoms with Gasteiger partial charge in [-0.3, -0.25) is 34.2 Å². The molecule has 18 N–H and O–H groups in total. The standard InChI is InChI=1S/C32H58N14O5/c1-19-9-6-10-20(2)26(19)51-18-21(3)44-25(47)17-43-28(49)23(12-4-5-14-40-30(34)35)46-29(50)24(13-8-16-42-32(38)39)45-27(48)22(33)11-7-15-41-31(36)37/h6,9-10,21-24H,4-5,7-8,11-18,33H2,1-3H3,(H,43,49)(H,44,47)(H,45,48)(H,46,50)(H4,34,35,40)(H4,36,37,41)(H4,38,39,42). The van der Waals surface area contributed by atoms with Gasteiger partial charge in [0.2, 0.25) is 23.6 Å². The fraction of sp³-hybridized carbons (Fsp3) is 0.594. The minimum atomic E-state index is -1.08. The molecule has 0 bridgehead atoms. The molecule has 1 aromatic rings. The van der Waals surface area contributed by atoms with Gasteiger partial charge < -0.3 is 66.1 Å². The van der Waals surface area contributed by atoms with Crippen LogP contribution < -0.4 is 66.1 Å². The molecule has 4 atom stereocenters. The van der Waals surface area contributed by atoms with Gasteiger partial charge in [-0.2, -0.15) is 0 Å². The quantitative estimate of drug-likeness (QED) is 0.0292. The smallest absolute Gasteiger partial charge is 0.243 e. The van der Waals surface area contributed by atoms with E-state index in [9.17, 15) is 19.2 Å². The average molecular weight is 719 g/mol. The van der Waals surface area contributed by atoms with Crippen molar-refractivity contribution in [3.05, 3.63) is 29.3 Å². The summed E-state index contributed by atoms with van der Waals surface area (Å²) < 4.78 is 5.92. The minimum absolute atomic E-state index is 0.0639. The molecular formula is C32H58N14O5. The third-order valence-corrected chi connectivity index (χ3v) is 7.43. The van der Waals surface area contributed by atoms with Gasteiger partial charge in [0.05, 0.1) is 18.6 Å². The molecular weight excluding hydrogens is 660 g/mol. The number of nitrogens with one attached hydrogen (secondary N) is 4. The maximum absolute atomic E-state index is 13.6. The van der Waals surface area contributed by atoms with Gasteiger partial charge in [0.1, 0.15) is 24.4 Å². The minimum Gasteiger partial charge on any atom is -0.491 e. The van der Waals surface area contributed by atoms with Gasteiger partial charge in [0.25, 0.3) is 0 Å². The van der Waals surface area contributed by atoms with Gasteiger partial charge in [0, 0.05) is 19.6 Å². The number of amides is 4. The first-order valence-corrected chi connectivity index (χ1v) is 16.9. The van der Waals surface area contributed by atoms with Crippen molar-refractivity contribution in [3.63, 3.8) is 0 Å². The molecule has 1 aromatic carbocycles. The lowest BCUT2D eigenvalue weighted by atomic mass is 10.1. The van der Waals surface area contributed by atoms with Gasteiger partial charge >= 0.3 is 0 Å². The second-order valence-electron chi connectivity index (χ2n) is 12.1. The monoisotopic (exact) mass is 718 g/mol. The molecule has 0 aliphatic heterocycles. The number of carbonyl (C=O) groups is 4. The summed E-state index contributed by atoms with van der Waals surface area (Å²) in [5.41, 5.74) is 40.3. The molecule has 0 saturated carbocycles. The van der Waals surface area contributed by atoms with Crippen LogP contribution in [0.5, 0.6) is 5.75 Å². The number of hydrogen-bond donors (Lipinski definition) is 11. The number of nitrogens with two attached hydrogens (primary N) is 7. The fourth-order valence-electron chi connectivity index (χ4n) is 4.80. The van der Waals surface area contributed by atoms with Crippen LogP contribution in [0.3, 0.4) is 0 Å². The van der Waals surface area contributed by atoms with Crippen LogP contribution in [0.25, 0.3) is 0 Å². The summed E-state index contributed by atoms with van der Waals surface area (Å²) >= 11 is 0. The number of rotatable bonds is 24. The lowest BCUT2D eigenvalue weighted by Crippen LogP contribution is -2.56. The Hall–Kier alpha value is -5.33. The van der Waals surface area contributed by atoms with Crippen LogP contribution in [0.1, 0.15) is 63.0 Å². The van der Waals surface area contributed by atoms with Crippen LogP contribution in [0.15, 0.2) is 33.2 Å². The molecule has 0 radical (unpaired) electrons. The summed E-state index contributed by atoms with van der Waals surface area (Å²) in [5.74, 6) is -1.76. The fourth-order valence-corrected chi connectivity index (χ4v) is 4.80. The first-order valence-electron chi connectivity index (χ1n) is 16.9. The predicted octanol–water partition coefficient (Wildman–Crippen LogP) is -2.85. The molecule has 4 amide bonds. The van der Waals surface area contributed by atoms with Crippen molar-refractivity contribution in [2.75, 3.05) is 32.8 Å². The van der Waals surface area contributed by atoms with Crippen LogP contribution in [0.2, 0.25) is 0 Å². The zero-order valence-corrected chi connectivity index (χ0v) is 30.0. The molecule has 19 heteroatoms. The summed E-state index contributed by atoms with van der Waals surface area (Å²) in [7, 11) is 0. The molecule has 0 aliphatic carbocycles. The Morgan fingerprint density at radius 1 is 0.686 bits per heavy atom. The Labute approximate surface area is 299 Å². The zero-order chi connectivity index (χ0) is 38.3. The highest BCUT2D eigenvalue weighted by molar-refractivity contribution is 5.94. The average Bonchev–Trinajstić information content (AvgIpc) is 3.05. The maximum Gasteiger partial charge on any atom is 0.243 e. The number of aliphatic imine (C=N–C) groups is 3. The van der Waals surface area contributed by atoms with Gasteiger partial charge in [0.15, 0.2) is 17.9 Å². The highest BCUT2D eigenvalue weighted by atomic mass is 16.5. The van der Waals surface area contributed by atoms with Gasteiger partial charge in [-0.25, -0.2) is 0 Å². The van der Waals surface area contributed by atoms with Crippen LogP contribution >= 0.6 is 0 Å². The van der Waals surface area contributed by atoms with E-state index in [0.717, 1.165) is 16.9 Å².